The molecule has 0 bridgehead atoms. The van der Waals surface area contributed by atoms with Crippen LogP contribution >= 0.6 is 0 Å². The number of hydrogen-bond acceptors (Lipinski definition) is 6. The summed E-state index contributed by atoms with van der Waals surface area (Å²) in [7, 11) is 0. The molecule has 6 nitrogen and oxygen atoms in total. The summed E-state index contributed by atoms with van der Waals surface area (Å²) in [6, 6.07) is 0. The first kappa shape index (κ1) is 31.0. The zero-order valence-electron chi connectivity index (χ0n) is 16.2. The fraction of sp³-hybridized carbons (Fsp3) is 1.00. The molecule has 0 aromatic carbocycles. The molecule has 0 heterocycles. The second kappa shape index (κ2) is 13.0. The zero-order valence-corrected chi connectivity index (χ0v) is 16.2. The van der Waals surface area contributed by atoms with Gasteiger partial charge in [-0.2, -0.15) is 48.3 Å². The maximum atomic E-state index is 13.2. The van der Waals surface area contributed by atoms with Crippen molar-refractivity contribution in [1.29, 1.82) is 0 Å². The molecule has 0 aliphatic heterocycles. The number of hydrogen-bond donors (Lipinski definition) is 1. The van der Waals surface area contributed by atoms with Crippen molar-refractivity contribution in [3.05, 3.63) is 0 Å². The van der Waals surface area contributed by atoms with Crippen molar-refractivity contribution in [3.63, 3.8) is 0 Å². The van der Waals surface area contributed by atoms with Gasteiger partial charge in [-0.3, -0.25) is 0 Å². The van der Waals surface area contributed by atoms with Gasteiger partial charge >= 0.3 is 30.1 Å². The summed E-state index contributed by atoms with van der Waals surface area (Å²) in [6.45, 7) is -2.28. The zero-order chi connectivity index (χ0) is 25.1. The van der Waals surface area contributed by atoms with Gasteiger partial charge in [-0.15, -0.1) is 0 Å². The predicted octanol–water partition coefficient (Wildman–Crippen LogP) is 3.12. The Morgan fingerprint density at radius 3 is 1.12 bits per heavy atom. The van der Waals surface area contributed by atoms with Gasteiger partial charge < -0.3 is 28.8 Å². The summed E-state index contributed by atoms with van der Waals surface area (Å²) in [4.78, 5) is 0. The number of ether oxygens (including phenoxy) is 5. The summed E-state index contributed by atoms with van der Waals surface area (Å²) in [5.74, 6) is -22.2. The van der Waals surface area contributed by atoms with Crippen molar-refractivity contribution in [2.75, 3.05) is 66.1 Å². The quantitative estimate of drug-likeness (QED) is 0.228. The molecule has 0 aliphatic rings. The normalized spacial score (nSPS) is 14.2. The van der Waals surface area contributed by atoms with E-state index in [4.69, 9.17) is 19.3 Å². The Hall–Kier alpha value is -1.01. The summed E-state index contributed by atoms with van der Waals surface area (Å²) in [5.41, 5.74) is 0. The SMILES string of the molecule is OCCOCCOCCOCCOCCOC(F)(F)C(F)(F)C(F)(F)C(F)(F)C(F)(F)F. The van der Waals surface area contributed by atoms with Gasteiger partial charge in [0.05, 0.1) is 66.1 Å². The van der Waals surface area contributed by atoms with Gasteiger partial charge in [-0.1, -0.05) is 0 Å². The Bertz CT molecular complexity index is 517. The van der Waals surface area contributed by atoms with E-state index in [1.807, 2.05) is 0 Å². The van der Waals surface area contributed by atoms with Crippen molar-refractivity contribution in [2.45, 2.75) is 30.1 Å². The lowest BCUT2D eigenvalue weighted by atomic mass is 10.0. The first-order chi connectivity index (χ1) is 14.6. The van der Waals surface area contributed by atoms with Crippen molar-refractivity contribution >= 4 is 0 Å². The van der Waals surface area contributed by atoms with E-state index in [-0.39, 0.29) is 52.9 Å². The van der Waals surface area contributed by atoms with Gasteiger partial charge in [0.1, 0.15) is 0 Å². The minimum Gasteiger partial charge on any atom is -0.394 e. The van der Waals surface area contributed by atoms with Gasteiger partial charge in [0.15, 0.2) is 0 Å². The highest BCUT2D eigenvalue weighted by Crippen LogP contribution is 2.57. The lowest BCUT2D eigenvalue weighted by Gasteiger charge is -2.36. The Balaban J connectivity index is 4.22. The number of aliphatic hydroxyl groups excluding tert-OH is 1. The first-order valence-electron chi connectivity index (χ1n) is 8.70. The second-order valence-corrected chi connectivity index (χ2v) is 5.76. The maximum absolute atomic E-state index is 13.2. The smallest absolute Gasteiger partial charge is 0.394 e. The average molecular weight is 506 g/mol. The van der Waals surface area contributed by atoms with Crippen LogP contribution in [0.3, 0.4) is 0 Å². The van der Waals surface area contributed by atoms with Crippen LogP contribution in [-0.4, -0.2) is 101 Å². The molecule has 0 saturated heterocycles. The second-order valence-electron chi connectivity index (χ2n) is 5.76. The summed E-state index contributed by atoms with van der Waals surface area (Å²) in [5, 5.41) is 8.44. The standard InChI is InChI=1S/C15H21F11O6/c16-11(17,12(18,19)14(22,23)24)13(20,21)15(25,26)32-10-9-31-8-7-30-6-5-29-4-3-28-2-1-27/h27H,1-10H2. The van der Waals surface area contributed by atoms with E-state index in [0.717, 1.165) is 0 Å². The van der Waals surface area contributed by atoms with E-state index >= 15 is 0 Å². The molecule has 0 radical (unpaired) electrons. The minimum absolute atomic E-state index is 0.0622. The van der Waals surface area contributed by atoms with Crippen LogP contribution in [0.2, 0.25) is 0 Å². The number of alkyl halides is 11. The fourth-order valence-electron chi connectivity index (χ4n) is 1.70. The molecular weight excluding hydrogens is 485 g/mol. The van der Waals surface area contributed by atoms with Crippen molar-refractivity contribution in [1.82, 2.24) is 0 Å². The van der Waals surface area contributed by atoms with E-state index in [1.54, 1.807) is 0 Å². The van der Waals surface area contributed by atoms with Crippen molar-refractivity contribution < 1.29 is 77.1 Å². The lowest BCUT2D eigenvalue weighted by Crippen LogP contribution is -2.67. The Morgan fingerprint density at radius 1 is 0.438 bits per heavy atom. The molecule has 0 aromatic heterocycles. The number of halogens is 11. The van der Waals surface area contributed by atoms with Crippen LogP contribution in [0, 0.1) is 0 Å². The van der Waals surface area contributed by atoms with Crippen LogP contribution in [0.25, 0.3) is 0 Å². The van der Waals surface area contributed by atoms with Crippen LogP contribution in [-0.2, 0) is 23.7 Å². The van der Waals surface area contributed by atoms with Crippen LogP contribution in [0.1, 0.15) is 0 Å². The minimum atomic E-state index is -7.51. The fourth-order valence-corrected chi connectivity index (χ4v) is 1.70. The van der Waals surface area contributed by atoms with Crippen LogP contribution < -0.4 is 0 Å². The van der Waals surface area contributed by atoms with Gasteiger partial charge in [0.25, 0.3) is 0 Å². The van der Waals surface area contributed by atoms with Gasteiger partial charge in [-0.25, -0.2) is 0 Å². The van der Waals surface area contributed by atoms with Gasteiger partial charge in [0.2, 0.25) is 0 Å². The third-order valence-electron chi connectivity index (χ3n) is 3.37. The predicted molar refractivity (Wildman–Crippen MR) is 82.2 cm³/mol. The Morgan fingerprint density at radius 2 is 0.781 bits per heavy atom. The molecule has 194 valence electrons. The van der Waals surface area contributed by atoms with Gasteiger partial charge in [0, 0.05) is 0 Å². The highest BCUT2D eigenvalue weighted by molar-refractivity contribution is 5.03. The lowest BCUT2D eigenvalue weighted by molar-refractivity contribution is -0.457. The number of aliphatic hydroxyl groups is 1. The van der Waals surface area contributed by atoms with E-state index in [0.29, 0.717) is 0 Å². The molecule has 0 fully saturated rings. The molecule has 0 saturated carbocycles. The third-order valence-corrected chi connectivity index (χ3v) is 3.37. The molecule has 32 heavy (non-hydrogen) atoms. The largest absolute Gasteiger partial charge is 0.460 e. The van der Waals surface area contributed by atoms with Gasteiger partial charge in [-0.05, 0) is 0 Å². The molecule has 17 heteroatoms. The molecule has 0 unspecified atom stereocenters. The molecule has 1 N–H and O–H groups in total. The Kier molecular flexibility index (Phi) is 12.6. The highest BCUT2D eigenvalue weighted by Gasteiger charge is 2.87. The van der Waals surface area contributed by atoms with E-state index in [2.05, 4.69) is 9.47 Å². The van der Waals surface area contributed by atoms with Crippen LogP contribution in [0.15, 0.2) is 0 Å². The molecule has 0 spiro atoms. The summed E-state index contributed by atoms with van der Waals surface area (Å²) >= 11 is 0. The molecule has 0 aromatic rings. The van der Waals surface area contributed by atoms with Crippen molar-refractivity contribution in [3.8, 4) is 0 Å². The monoisotopic (exact) mass is 506 g/mol. The van der Waals surface area contributed by atoms with Crippen LogP contribution in [0.5, 0.6) is 0 Å². The van der Waals surface area contributed by atoms with Crippen molar-refractivity contribution in [2.24, 2.45) is 0 Å². The highest BCUT2D eigenvalue weighted by atomic mass is 19.4. The third kappa shape index (κ3) is 8.40. The first-order valence-corrected chi connectivity index (χ1v) is 8.70. The van der Waals surface area contributed by atoms with Crippen LogP contribution in [0.4, 0.5) is 48.3 Å². The van der Waals surface area contributed by atoms with E-state index in [9.17, 15) is 48.3 Å². The molecule has 0 amide bonds. The average Bonchev–Trinajstić information content (AvgIpc) is 2.66. The molecule has 0 rings (SSSR count). The number of rotatable bonds is 18. The summed E-state index contributed by atoms with van der Waals surface area (Å²) < 4.78 is 162. The Labute approximate surface area is 174 Å². The van der Waals surface area contributed by atoms with E-state index < -0.39 is 43.3 Å². The maximum Gasteiger partial charge on any atom is 0.460 e. The molecule has 0 aliphatic carbocycles. The summed E-state index contributed by atoms with van der Waals surface area (Å²) in [6.07, 6.45) is -13.6. The molecule has 0 atom stereocenters. The van der Waals surface area contributed by atoms with E-state index in [1.165, 1.54) is 0 Å². The topological polar surface area (TPSA) is 66.4 Å². The molecular formula is C15H21F11O6.